The molecule has 0 aliphatic carbocycles. The third-order valence-corrected chi connectivity index (χ3v) is 3.19. The molecular formula is C16H21NO3. The Labute approximate surface area is 119 Å². The topological polar surface area (TPSA) is 52.3 Å². The van der Waals surface area contributed by atoms with Gasteiger partial charge in [0, 0.05) is 6.42 Å². The Morgan fingerprint density at radius 2 is 2.10 bits per heavy atom. The molecule has 0 radical (unpaired) electrons. The quantitative estimate of drug-likeness (QED) is 0.802. The number of carbonyl (C=O) groups is 1. The fraction of sp³-hybridized carbons (Fsp3) is 0.500. The van der Waals surface area contributed by atoms with Gasteiger partial charge in [0.15, 0.2) is 11.5 Å². The van der Waals surface area contributed by atoms with E-state index in [-0.39, 0.29) is 17.3 Å². The smallest absolute Gasteiger partial charge is 0.312 e. The Morgan fingerprint density at radius 3 is 2.70 bits per heavy atom. The second-order valence-electron chi connectivity index (χ2n) is 6.32. The first-order valence-electron chi connectivity index (χ1n) is 6.77. The summed E-state index contributed by atoms with van der Waals surface area (Å²) in [7, 11) is 1.40. The molecule has 0 bridgehead atoms. The Hall–Kier alpha value is -1.84. The zero-order valence-corrected chi connectivity index (χ0v) is 12.7. The molecule has 0 spiro atoms. The molecule has 20 heavy (non-hydrogen) atoms. The van der Waals surface area contributed by atoms with E-state index in [0.717, 1.165) is 29.0 Å². The summed E-state index contributed by atoms with van der Waals surface area (Å²) in [5.41, 5.74) is 2.56. The lowest BCUT2D eigenvalue weighted by atomic mass is 9.92. The first-order valence-corrected chi connectivity index (χ1v) is 6.77. The van der Waals surface area contributed by atoms with Crippen molar-refractivity contribution in [2.24, 2.45) is 5.41 Å². The van der Waals surface area contributed by atoms with Gasteiger partial charge in [-0.15, -0.1) is 0 Å². The molecule has 0 amide bonds. The van der Waals surface area contributed by atoms with Crippen molar-refractivity contribution in [3.05, 3.63) is 29.7 Å². The second-order valence-corrected chi connectivity index (χ2v) is 6.32. The molecule has 1 heterocycles. The molecule has 1 unspecified atom stereocenters. The van der Waals surface area contributed by atoms with E-state index in [2.05, 4.69) is 25.8 Å². The number of esters is 1. The van der Waals surface area contributed by atoms with Gasteiger partial charge in [0.2, 0.25) is 0 Å². The zero-order chi connectivity index (χ0) is 14.9. The van der Waals surface area contributed by atoms with Gasteiger partial charge in [0.05, 0.1) is 13.0 Å². The predicted molar refractivity (Wildman–Crippen MR) is 77.6 cm³/mol. The van der Waals surface area contributed by atoms with Crippen molar-refractivity contribution in [1.29, 1.82) is 0 Å². The van der Waals surface area contributed by atoms with Crippen LogP contribution in [0.2, 0.25) is 0 Å². The van der Waals surface area contributed by atoms with Crippen molar-refractivity contribution >= 4 is 17.1 Å². The highest BCUT2D eigenvalue weighted by molar-refractivity contribution is 5.80. The average Bonchev–Trinajstić information content (AvgIpc) is 2.75. The van der Waals surface area contributed by atoms with Gasteiger partial charge >= 0.3 is 5.97 Å². The van der Waals surface area contributed by atoms with E-state index in [0.29, 0.717) is 0 Å². The molecule has 0 N–H and O–H groups in total. The summed E-state index contributed by atoms with van der Waals surface area (Å²) in [4.78, 5) is 16.1. The van der Waals surface area contributed by atoms with Crippen LogP contribution in [0, 0.1) is 5.41 Å². The maximum Gasteiger partial charge on any atom is 0.312 e. The van der Waals surface area contributed by atoms with E-state index in [1.165, 1.54) is 7.11 Å². The van der Waals surface area contributed by atoms with Crippen molar-refractivity contribution < 1.29 is 13.9 Å². The SMILES string of the molecule is COC(=O)C(C)c1ccc2oc(CC(C)(C)C)nc2c1. The van der Waals surface area contributed by atoms with Crippen molar-refractivity contribution in [3.8, 4) is 0 Å². The van der Waals surface area contributed by atoms with Crippen molar-refractivity contribution in [2.45, 2.75) is 40.0 Å². The Balaban J connectivity index is 2.32. The fourth-order valence-corrected chi connectivity index (χ4v) is 2.10. The minimum atomic E-state index is -0.299. The molecule has 0 saturated carbocycles. The number of aromatic nitrogens is 1. The molecular weight excluding hydrogens is 254 g/mol. The Bertz CT molecular complexity index is 622. The minimum Gasteiger partial charge on any atom is -0.469 e. The number of hydrogen-bond donors (Lipinski definition) is 0. The maximum absolute atomic E-state index is 11.6. The molecule has 4 nitrogen and oxygen atoms in total. The van der Waals surface area contributed by atoms with Crippen LogP contribution < -0.4 is 0 Å². The van der Waals surface area contributed by atoms with Crippen molar-refractivity contribution in [3.63, 3.8) is 0 Å². The molecule has 108 valence electrons. The largest absolute Gasteiger partial charge is 0.469 e. The standard InChI is InChI=1S/C16H21NO3/c1-10(15(18)19-5)11-6-7-13-12(8-11)17-14(20-13)9-16(2,3)4/h6-8,10H,9H2,1-5H3. The van der Waals surface area contributed by atoms with E-state index in [1.54, 1.807) is 0 Å². The first kappa shape index (κ1) is 14.6. The number of nitrogens with zero attached hydrogens (tertiary/aromatic N) is 1. The van der Waals surface area contributed by atoms with Crippen LogP contribution in [0.5, 0.6) is 0 Å². The van der Waals surface area contributed by atoms with E-state index in [4.69, 9.17) is 9.15 Å². The molecule has 1 aromatic carbocycles. The molecule has 0 aliphatic rings. The summed E-state index contributed by atoms with van der Waals surface area (Å²) < 4.78 is 10.5. The molecule has 2 aromatic rings. The summed E-state index contributed by atoms with van der Waals surface area (Å²) >= 11 is 0. The van der Waals surface area contributed by atoms with Crippen LogP contribution in [-0.2, 0) is 16.0 Å². The Kier molecular flexibility index (Phi) is 3.84. The summed E-state index contributed by atoms with van der Waals surface area (Å²) in [6.07, 6.45) is 0.781. The minimum absolute atomic E-state index is 0.128. The number of rotatable bonds is 3. The Morgan fingerprint density at radius 1 is 1.40 bits per heavy atom. The molecule has 4 heteroatoms. The van der Waals surface area contributed by atoms with Crippen LogP contribution in [0.3, 0.4) is 0 Å². The van der Waals surface area contributed by atoms with Gasteiger partial charge in [0.25, 0.3) is 0 Å². The lowest BCUT2D eigenvalue weighted by Crippen LogP contribution is -2.10. The van der Waals surface area contributed by atoms with Gasteiger partial charge < -0.3 is 9.15 Å². The molecule has 0 aliphatic heterocycles. The number of benzene rings is 1. The number of carbonyl (C=O) groups excluding carboxylic acids is 1. The van der Waals surface area contributed by atoms with Gasteiger partial charge in [0.1, 0.15) is 5.52 Å². The van der Waals surface area contributed by atoms with Gasteiger partial charge in [-0.05, 0) is 30.0 Å². The molecule has 0 saturated heterocycles. The lowest BCUT2D eigenvalue weighted by molar-refractivity contribution is -0.141. The number of fused-ring (bicyclic) bond motifs is 1. The predicted octanol–water partition coefficient (Wildman–Crippen LogP) is 3.69. The molecule has 2 rings (SSSR count). The average molecular weight is 275 g/mol. The number of ether oxygens (including phenoxy) is 1. The van der Waals surface area contributed by atoms with Crippen molar-refractivity contribution in [1.82, 2.24) is 4.98 Å². The van der Waals surface area contributed by atoms with Crippen LogP contribution in [0.1, 0.15) is 45.1 Å². The van der Waals surface area contributed by atoms with Gasteiger partial charge in [-0.3, -0.25) is 4.79 Å². The summed E-state index contributed by atoms with van der Waals surface area (Å²) in [5, 5.41) is 0. The first-order chi connectivity index (χ1) is 9.30. The van der Waals surface area contributed by atoms with Gasteiger partial charge in [-0.25, -0.2) is 4.98 Å². The van der Waals surface area contributed by atoms with Gasteiger partial charge in [-0.2, -0.15) is 0 Å². The normalized spacial score (nSPS) is 13.4. The van der Waals surface area contributed by atoms with Crippen LogP contribution in [0.4, 0.5) is 0 Å². The van der Waals surface area contributed by atoms with E-state index >= 15 is 0 Å². The third-order valence-electron chi connectivity index (χ3n) is 3.19. The van der Waals surface area contributed by atoms with E-state index in [1.807, 2.05) is 25.1 Å². The highest BCUT2D eigenvalue weighted by Crippen LogP contribution is 2.26. The van der Waals surface area contributed by atoms with Crippen LogP contribution in [0.25, 0.3) is 11.1 Å². The molecule has 1 atom stereocenters. The van der Waals surface area contributed by atoms with Gasteiger partial charge in [-0.1, -0.05) is 26.8 Å². The molecule has 1 aromatic heterocycles. The van der Waals surface area contributed by atoms with Crippen LogP contribution >= 0.6 is 0 Å². The fourth-order valence-electron chi connectivity index (χ4n) is 2.10. The zero-order valence-electron chi connectivity index (χ0n) is 12.7. The number of hydrogen-bond acceptors (Lipinski definition) is 4. The summed E-state index contributed by atoms with van der Waals surface area (Å²) in [6, 6.07) is 5.64. The third kappa shape index (κ3) is 3.18. The second kappa shape index (κ2) is 5.27. The molecule has 0 fully saturated rings. The van der Waals surface area contributed by atoms with Crippen molar-refractivity contribution in [2.75, 3.05) is 7.11 Å². The number of methoxy groups -OCH3 is 1. The van der Waals surface area contributed by atoms with E-state index < -0.39 is 0 Å². The van der Waals surface area contributed by atoms with Crippen LogP contribution in [0.15, 0.2) is 22.6 Å². The maximum atomic E-state index is 11.6. The van der Waals surface area contributed by atoms with E-state index in [9.17, 15) is 4.79 Å². The summed E-state index contributed by atoms with van der Waals surface area (Å²) in [5.74, 6) is 0.185. The summed E-state index contributed by atoms with van der Waals surface area (Å²) in [6.45, 7) is 8.26. The monoisotopic (exact) mass is 275 g/mol. The number of oxazole rings is 1. The lowest BCUT2D eigenvalue weighted by Gasteiger charge is -2.14. The highest BCUT2D eigenvalue weighted by Gasteiger charge is 2.19. The highest BCUT2D eigenvalue weighted by atomic mass is 16.5. The van der Waals surface area contributed by atoms with Crippen LogP contribution in [-0.4, -0.2) is 18.1 Å².